The Bertz CT molecular complexity index is 557. The summed E-state index contributed by atoms with van der Waals surface area (Å²) in [6, 6.07) is 5.17. The van der Waals surface area contributed by atoms with Crippen molar-refractivity contribution in [3.8, 4) is 5.75 Å². The number of hydrogen-bond donors (Lipinski definition) is 1. The smallest absolute Gasteiger partial charge is 0.246 e. The van der Waals surface area contributed by atoms with Gasteiger partial charge in [-0.15, -0.1) is 0 Å². The molecule has 1 aromatic carbocycles. The first-order chi connectivity index (χ1) is 10.5. The van der Waals surface area contributed by atoms with E-state index in [4.69, 9.17) is 16.3 Å². The van der Waals surface area contributed by atoms with Crippen LogP contribution in [0.15, 0.2) is 24.3 Å². The normalized spacial score (nSPS) is 20.2. The molecule has 2 atom stereocenters. The highest BCUT2D eigenvalue weighted by Gasteiger charge is 2.28. The second-order valence-corrected chi connectivity index (χ2v) is 5.99. The third-order valence-corrected chi connectivity index (χ3v) is 4.22. The highest BCUT2D eigenvalue weighted by molar-refractivity contribution is 6.30. The molecule has 1 N–H and O–H groups in total. The van der Waals surface area contributed by atoms with Gasteiger partial charge in [0, 0.05) is 23.2 Å². The SMILES string of the molecule is COc1ccc(Cl)cc1/C=C/C(=O)N1CCCCC1C(C)O. The van der Waals surface area contributed by atoms with Crippen LogP contribution in [0.1, 0.15) is 31.7 Å². The molecule has 1 fully saturated rings. The number of methoxy groups -OCH3 is 1. The number of halogens is 1. The Morgan fingerprint density at radius 3 is 2.95 bits per heavy atom. The zero-order valence-corrected chi connectivity index (χ0v) is 13.7. The van der Waals surface area contributed by atoms with Gasteiger partial charge in [-0.3, -0.25) is 4.79 Å². The molecule has 1 aliphatic heterocycles. The topological polar surface area (TPSA) is 49.8 Å². The summed E-state index contributed by atoms with van der Waals surface area (Å²) in [4.78, 5) is 14.2. The Balaban J connectivity index is 2.15. The van der Waals surface area contributed by atoms with Crippen LogP contribution < -0.4 is 4.74 Å². The lowest BCUT2D eigenvalue weighted by Gasteiger charge is -2.36. The average molecular weight is 324 g/mol. The Morgan fingerprint density at radius 1 is 1.50 bits per heavy atom. The van der Waals surface area contributed by atoms with E-state index in [1.165, 1.54) is 6.08 Å². The van der Waals surface area contributed by atoms with E-state index in [0.717, 1.165) is 24.8 Å². The van der Waals surface area contributed by atoms with E-state index in [1.54, 1.807) is 43.2 Å². The van der Waals surface area contributed by atoms with Crippen LogP contribution in [0, 0.1) is 0 Å². The van der Waals surface area contributed by atoms with Gasteiger partial charge in [0.05, 0.1) is 19.3 Å². The van der Waals surface area contributed by atoms with Gasteiger partial charge in [0.1, 0.15) is 5.75 Å². The van der Waals surface area contributed by atoms with Gasteiger partial charge in [0.2, 0.25) is 5.91 Å². The molecule has 1 heterocycles. The third-order valence-electron chi connectivity index (χ3n) is 3.99. The number of carbonyl (C=O) groups excluding carboxylic acids is 1. The summed E-state index contributed by atoms with van der Waals surface area (Å²) in [7, 11) is 1.58. The van der Waals surface area contributed by atoms with E-state index in [0.29, 0.717) is 17.3 Å². The van der Waals surface area contributed by atoms with Gasteiger partial charge in [-0.25, -0.2) is 0 Å². The lowest BCUT2D eigenvalue weighted by molar-refractivity contribution is -0.132. The third kappa shape index (κ3) is 4.02. The number of hydrogen-bond acceptors (Lipinski definition) is 3. The molecule has 1 aromatic rings. The lowest BCUT2D eigenvalue weighted by Crippen LogP contribution is -2.48. The maximum atomic E-state index is 12.4. The van der Waals surface area contributed by atoms with Crippen LogP contribution in [0.4, 0.5) is 0 Å². The summed E-state index contributed by atoms with van der Waals surface area (Å²) in [6.07, 6.45) is 5.58. The van der Waals surface area contributed by atoms with Gasteiger partial charge >= 0.3 is 0 Å². The second kappa shape index (κ2) is 7.65. The number of ether oxygens (including phenoxy) is 1. The van der Waals surface area contributed by atoms with E-state index in [2.05, 4.69) is 0 Å². The maximum absolute atomic E-state index is 12.4. The van der Waals surface area contributed by atoms with Gasteiger partial charge in [-0.1, -0.05) is 11.6 Å². The molecule has 1 saturated heterocycles. The minimum Gasteiger partial charge on any atom is -0.496 e. The molecule has 0 saturated carbocycles. The molecular weight excluding hydrogens is 302 g/mol. The monoisotopic (exact) mass is 323 g/mol. The van der Waals surface area contributed by atoms with E-state index in [1.807, 2.05) is 0 Å². The highest BCUT2D eigenvalue weighted by Crippen LogP contribution is 2.25. The van der Waals surface area contributed by atoms with E-state index >= 15 is 0 Å². The molecule has 120 valence electrons. The van der Waals surface area contributed by atoms with Crippen LogP contribution in [-0.4, -0.2) is 41.7 Å². The van der Waals surface area contributed by atoms with Crippen molar-refractivity contribution in [2.24, 2.45) is 0 Å². The number of benzene rings is 1. The van der Waals surface area contributed by atoms with Crippen LogP contribution >= 0.6 is 11.6 Å². The molecule has 5 heteroatoms. The number of amides is 1. The summed E-state index contributed by atoms with van der Waals surface area (Å²) in [5, 5.41) is 10.4. The molecule has 22 heavy (non-hydrogen) atoms. The zero-order valence-electron chi connectivity index (χ0n) is 13.0. The number of aliphatic hydroxyl groups is 1. The fourth-order valence-electron chi connectivity index (χ4n) is 2.82. The largest absolute Gasteiger partial charge is 0.496 e. The molecule has 1 aliphatic rings. The van der Waals surface area contributed by atoms with E-state index < -0.39 is 6.10 Å². The van der Waals surface area contributed by atoms with Crippen molar-refractivity contribution in [3.05, 3.63) is 34.9 Å². The van der Waals surface area contributed by atoms with Crippen LogP contribution in [-0.2, 0) is 4.79 Å². The minimum atomic E-state index is -0.515. The summed E-state index contributed by atoms with van der Waals surface area (Å²) < 4.78 is 5.26. The van der Waals surface area contributed by atoms with Crippen molar-refractivity contribution in [3.63, 3.8) is 0 Å². The highest BCUT2D eigenvalue weighted by atomic mass is 35.5. The van der Waals surface area contributed by atoms with Crippen LogP contribution in [0.25, 0.3) is 6.08 Å². The molecular formula is C17H22ClNO3. The first-order valence-electron chi connectivity index (χ1n) is 7.53. The van der Waals surface area contributed by atoms with Crippen LogP contribution in [0.5, 0.6) is 5.75 Å². The quantitative estimate of drug-likeness (QED) is 0.866. The molecule has 0 radical (unpaired) electrons. The first kappa shape index (κ1) is 16.8. The maximum Gasteiger partial charge on any atom is 0.246 e. The fraction of sp³-hybridized carbons (Fsp3) is 0.471. The number of carbonyl (C=O) groups is 1. The van der Waals surface area contributed by atoms with Crippen molar-refractivity contribution in [2.45, 2.75) is 38.3 Å². The Kier molecular flexibility index (Phi) is 5.86. The summed E-state index contributed by atoms with van der Waals surface area (Å²) >= 11 is 5.98. The number of piperidine rings is 1. The molecule has 0 spiro atoms. The first-order valence-corrected chi connectivity index (χ1v) is 7.91. The van der Waals surface area contributed by atoms with Crippen LogP contribution in [0.2, 0.25) is 5.02 Å². The summed E-state index contributed by atoms with van der Waals surface area (Å²) in [6.45, 7) is 2.42. The van der Waals surface area contributed by atoms with Crippen molar-refractivity contribution < 1.29 is 14.6 Å². The standard InChI is InChI=1S/C17H22ClNO3/c1-12(20)15-5-3-4-10-19(15)17(21)9-6-13-11-14(18)7-8-16(13)22-2/h6-9,11-12,15,20H,3-5,10H2,1-2H3/b9-6+. The Labute approximate surface area is 136 Å². The van der Waals surface area contributed by atoms with Crippen molar-refractivity contribution >= 4 is 23.6 Å². The van der Waals surface area contributed by atoms with Gasteiger partial charge < -0.3 is 14.7 Å². The van der Waals surface area contributed by atoms with Crippen LogP contribution in [0.3, 0.4) is 0 Å². The number of aliphatic hydroxyl groups excluding tert-OH is 1. The number of rotatable bonds is 4. The predicted molar refractivity (Wildman–Crippen MR) is 88.1 cm³/mol. The van der Waals surface area contributed by atoms with E-state index in [-0.39, 0.29) is 11.9 Å². The van der Waals surface area contributed by atoms with E-state index in [9.17, 15) is 9.90 Å². The zero-order chi connectivity index (χ0) is 16.1. The molecule has 4 nitrogen and oxygen atoms in total. The van der Waals surface area contributed by atoms with Crippen molar-refractivity contribution in [1.82, 2.24) is 4.90 Å². The number of nitrogens with zero attached hydrogens (tertiary/aromatic N) is 1. The van der Waals surface area contributed by atoms with Gasteiger partial charge in [0.15, 0.2) is 0 Å². The van der Waals surface area contributed by atoms with Gasteiger partial charge in [-0.2, -0.15) is 0 Å². The molecule has 2 unspecified atom stereocenters. The second-order valence-electron chi connectivity index (χ2n) is 5.55. The molecule has 0 aliphatic carbocycles. The summed E-state index contributed by atoms with van der Waals surface area (Å²) in [5.41, 5.74) is 0.758. The lowest BCUT2D eigenvalue weighted by atomic mass is 9.98. The van der Waals surface area contributed by atoms with Gasteiger partial charge in [-0.05, 0) is 50.5 Å². The van der Waals surface area contributed by atoms with Crippen molar-refractivity contribution in [2.75, 3.05) is 13.7 Å². The predicted octanol–water partition coefficient (Wildman–Crippen LogP) is 3.12. The van der Waals surface area contributed by atoms with Gasteiger partial charge in [0.25, 0.3) is 0 Å². The fourth-order valence-corrected chi connectivity index (χ4v) is 3.01. The average Bonchev–Trinajstić information content (AvgIpc) is 2.52. The summed E-state index contributed by atoms with van der Waals surface area (Å²) in [5.74, 6) is 0.576. The molecule has 0 bridgehead atoms. The molecule has 1 amide bonds. The Hall–Kier alpha value is -1.52. The Morgan fingerprint density at radius 2 is 2.27 bits per heavy atom. The molecule has 0 aromatic heterocycles. The van der Waals surface area contributed by atoms with Crippen molar-refractivity contribution in [1.29, 1.82) is 0 Å². The minimum absolute atomic E-state index is 0.0902. The molecule has 2 rings (SSSR count). The number of likely N-dealkylation sites (tertiary alicyclic amines) is 1.